The van der Waals surface area contributed by atoms with Gasteiger partial charge >= 0.3 is 0 Å². The van der Waals surface area contributed by atoms with Crippen LogP contribution in [0, 0.1) is 6.92 Å². The number of rotatable bonds is 8. The summed E-state index contributed by atoms with van der Waals surface area (Å²) in [6.07, 6.45) is 10.6. The Morgan fingerprint density at radius 2 is 2.00 bits per heavy atom. The molecular weight excluding hydrogens is 332 g/mol. The number of hydrogen-bond donors (Lipinski definition) is 2. The summed E-state index contributed by atoms with van der Waals surface area (Å²) in [5.74, 6) is 0.0551. The Morgan fingerprint density at radius 1 is 1.20 bits per heavy atom. The molecule has 134 valence electrons. The van der Waals surface area contributed by atoms with Gasteiger partial charge in [-0.05, 0) is 42.5 Å². The van der Waals surface area contributed by atoms with Crippen molar-refractivity contribution >= 4 is 17.5 Å². The van der Waals surface area contributed by atoms with Crippen molar-refractivity contribution in [2.24, 2.45) is 0 Å². The molecule has 0 heterocycles. The molecular formula is C21H27ClN2O. The van der Waals surface area contributed by atoms with E-state index in [0.717, 1.165) is 35.4 Å². The zero-order valence-electron chi connectivity index (χ0n) is 15.0. The van der Waals surface area contributed by atoms with Crippen molar-refractivity contribution in [1.29, 1.82) is 0 Å². The van der Waals surface area contributed by atoms with Gasteiger partial charge in [-0.3, -0.25) is 4.79 Å². The third-order valence-electron chi connectivity index (χ3n) is 4.31. The summed E-state index contributed by atoms with van der Waals surface area (Å²) >= 11 is 6.02. The molecule has 0 aromatic heterocycles. The normalized spacial score (nSPS) is 15.2. The minimum atomic E-state index is -0.185. The van der Waals surface area contributed by atoms with Gasteiger partial charge in [0.1, 0.15) is 0 Å². The Morgan fingerprint density at radius 3 is 2.76 bits per heavy atom. The Kier molecular flexibility index (Phi) is 7.96. The molecule has 1 amide bonds. The van der Waals surface area contributed by atoms with Crippen LogP contribution in [-0.2, 0) is 11.3 Å². The maximum absolute atomic E-state index is 12.6. The number of carbonyl (C=O) groups is 1. The van der Waals surface area contributed by atoms with Gasteiger partial charge in [0.25, 0.3) is 0 Å². The Bertz CT molecular complexity index is 676. The lowest BCUT2D eigenvalue weighted by Crippen LogP contribution is -2.44. The van der Waals surface area contributed by atoms with Gasteiger partial charge in [-0.2, -0.15) is 0 Å². The highest BCUT2D eigenvalue weighted by Crippen LogP contribution is 2.13. The van der Waals surface area contributed by atoms with Gasteiger partial charge in [-0.25, -0.2) is 0 Å². The second kappa shape index (κ2) is 10.2. The van der Waals surface area contributed by atoms with Gasteiger partial charge in [0.2, 0.25) is 5.91 Å². The molecule has 0 bridgehead atoms. The quantitative estimate of drug-likeness (QED) is 0.724. The zero-order chi connectivity index (χ0) is 18.1. The van der Waals surface area contributed by atoms with E-state index in [4.69, 9.17) is 11.6 Å². The van der Waals surface area contributed by atoms with E-state index in [1.54, 1.807) is 0 Å². The van der Waals surface area contributed by atoms with Gasteiger partial charge in [0, 0.05) is 18.1 Å². The van der Waals surface area contributed by atoms with E-state index in [9.17, 15) is 4.79 Å². The van der Waals surface area contributed by atoms with Crippen LogP contribution in [-0.4, -0.2) is 18.5 Å². The van der Waals surface area contributed by atoms with Crippen LogP contribution in [0.4, 0.5) is 0 Å². The molecule has 0 fully saturated rings. The van der Waals surface area contributed by atoms with Gasteiger partial charge in [-0.1, -0.05) is 67.4 Å². The second-order valence-corrected chi connectivity index (χ2v) is 6.74. The van der Waals surface area contributed by atoms with Crippen LogP contribution in [0.3, 0.4) is 0 Å². The molecule has 2 N–H and O–H groups in total. The van der Waals surface area contributed by atoms with Crippen molar-refractivity contribution < 1.29 is 4.79 Å². The number of nitrogens with one attached hydrogen (secondary N) is 2. The lowest BCUT2D eigenvalue weighted by Gasteiger charge is -2.18. The number of amides is 1. The standard InChI is InChI=1S/C21H27ClN2O/c1-3-7-20(23-14-17-9-6-11-19(22)13-12-17)21(25)24-15-18-10-5-4-8-16(18)2/h4-5,8-13,20,23H,3,6-7,14-15H2,1-2H3,(H,24,25). The smallest absolute Gasteiger partial charge is 0.237 e. The number of allylic oxidation sites excluding steroid dienone is 4. The maximum atomic E-state index is 12.6. The first-order valence-electron chi connectivity index (χ1n) is 8.88. The molecule has 1 aromatic rings. The van der Waals surface area contributed by atoms with Crippen LogP contribution in [0.5, 0.6) is 0 Å². The fraction of sp³-hybridized carbons (Fsp3) is 0.381. The molecule has 1 aromatic carbocycles. The van der Waals surface area contributed by atoms with Gasteiger partial charge in [0.05, 0.1) is 6.04 Å². The molecule has 1 unspecified atom stereocenters. The lowest BCUT2D eigenvalue weighted by atomic mass is 10.1. The number of carbonyl (C=O) groups excluding carboxylic acids is 1. The fourth-order valence-corrected chi connectivity index (χ4v) is 2.90. The minimum Gasteiger partial charge on any atom is -0.351 e. The monoisotopic (exact) mass is 358 g/mol. The van der Waals surface area contributed by atoms with E-state index in [2.05, 4.69) is 42.7 Å². The third-order valence-corrected chi connectivity index (χ3v) is 4.59. The van der Waals surface area contributed by atoms with E-state index in [-0.39, 0.29) is 11.9 Å². The minimum absolute atomic E-state index is 0.0551. The average Bonchev–Trinajstić information content (AvgIpc) is 2.82. The SMILES string of the molecule is CCCC(NCC1=CCC=C(Cl)C=C1)C(=O)NCc1ccccc1C. The highest BCUT2D eigenvalue weighted by atomic mass is 35.5. The summed E-state index contributed by atoms with van der Waals surface area (Å²) in [4.78, 5) is 12.6. The molecule has 2 rings (SSSR count). The van der Waals surface area contributed by atoms with Crippen LogP contribution in [0.2, 0.25) is 0 Å². The summed E-state index contributed by atoms with van der Waals surface area (Å²) in [5.41, 5.74) is 3.50. The molecule has 0 saturated heterocycles. The second-order valence-electron chi connectivity index (χ2n) is 6.30. The van der Waals surface area contributed by atoms with Crippen LogP contribution < -0.4 is 10.6 Å². The Labute approximate surface area is 155 Å². The summed E-state index contributed by atoms with van der Waals surface area (Å²) in [6.45, 7) is 5.39. The number of halogens is 1. The van der Waals surface area contributed by atoms with Crippen LogP contribution in [0.15, 0.2) is 59.2 Å². The summed E-state index contributed by atoms with van der Waals surface area (Å²) in [6, 6.07) is 7.94. The molecule has 1 aliphatic rings. The lowest BCUT2D eigenvalue weighted by molar-refractivity contribution is -0.123. The predicted octanol–water partition coefficient (Wildman–Crippen LogP) is 4.38. The van der Waals surface area contributed by atoms with Crippen molar-refractivity contribution in [2.75, 3.05) is 6.54 Å². The van der Waals surface area contributed by atoms with E-state index in [1.807, 2.05) is 30.4 Å². The zero-order valence-corrected chi connectivity index (χ0v) is 15.8. The molecule has 4 heteroatoms. The first-order valence-corrected chi connectivity index (χ1v) is 9.26. The van der Waals surface area contributed by atoms with Crippen molar-refractivity contribution in [3.8, 4) is 0 Å². The molecule has 1 atom stereocenters. The number of hydrogen-bond acceptors (Lipinski definition) is 2. The average molecular weight is 359 g/mol. The first kappa shape index (κ1) is 19.5. The van der Waals surface area contributed by atoms with Crippen molar-refractivity contribution in [3.05, 3.63) is 70.3 Å². The van der Waals surface area contributed by atoms with Crippen LogP contribution >= 0.6 is 11.6 Å². The molecule has 0 radical (unpaired) electrons. The molecule has 1 aliphatic carbocycles. The topological polar surface area (TPSA) is 41.1 Å². The highest BCUT2D eigenvalue weighted by Gasteiger charge is 2.17. The third kappa shape index (κ3) is 6.52. The number of benzene rings is 1. The van der Waals surface area contributed by atoms with E-state index in [0.29, 0.717) is 13.1 Å². The summed E-state index contributed by atoms with van der Waals surface area (Å²) in [5, 5.41) is 7.20. The van der Waals surface area contributed by atoms with Gasteiger partial charge in [0.15, 0.2) is 0 Å². The summed E-state index contributed by atoms with van der Waals surface area (Å²) in [7, 11) is 0. The molecule has 0 spiro atoms. The Balaban J connectivity index is 1.88. The molecule has 25 heavy (non-hydrogen) atoms. The van der Waals surface area contributed by atoms with Crippen molar-refractivity contribution in [1.82, 2.24) is 10.6 Å². The van der Waals surface area contributed by atoms with Crippen LogP contribution in [0.1, 0.15) is 37.3 Å². The van der Waals surface area contributed by atoms with E-state index in [1.165, 1.54) is 5.56 Å². The Hall–Kier alpha value is -1.84. The summed E-state index contributed by atoms with van der Waals surface area (Å²) < 4.78 is 0. The van der Waals surface area contributed by atoms with E-state index >= 15 is 0 Å². The highest BCUT2D eigenvalue weighted by molar-refractivity contribution is 6.31. The number of aryl methyl sites for hydroxylation is 1. The molecule has 0 saturated carbocycles. The van der Waals surface area contributed by atoms with E-state index < -0.39 is 0 Å². The van der Waals surface area contributed by atoms with Gasteiger partial charge in [-0.15, -0.1) is 0 Å². The van der Waals surface area contributed by atoms with Crippen LogP contribution in [0.25, 0.3) is 0 Å². The molecule has 3 nitrogen and oxygen atoms in total. The van der Waals surface area contributed by atoms with Crippen molar-refractivity contribution in [2.45, 2.75) is 45.7 Å². The van der Waals surface area contributed by atoms with Crippen molar-refractivity contribution in [3.63, 3.8) is 0 Å². The fourth-order valence-electron chi connectivity index (χ4n) is 2.75. The maximum Gasteiger partial charge on any atom is 0.237 e. The predicted molar refractivity (Wildman–Crippen MR) is 106 cm³/mol. The molecule has 0 aliphatic heterocycles. The first-order chi connectivity index (χ1) is 12.1. The largest absolute Gasteiger partial charge is 0.351 e. The van der Waals surface area contributed by atoms with Gasteiger partial charge < -0.3 is 10.6 Å².